The van der Waals surface area contributed by atoms with Crippen molar-refractivity contribution < 1.29 is 48.0 Å². The van der Waals surface area contributed by atoms with Crippen molar-refractivity contribution >= 4 is 23.9 Å². The molecule has 4 N–H and O–H groups in total. The van der Waals surface area contributed by atoms with E-state index in [9.17, 15) is 24.3 Å². The van der Waals surface area contributed by atoms with Gasteiger partial charge in [-0.15, -0.1) is 0 Å². The molecule has 1 saturated heterocycles. The third-order valence-electron chi connectivity index (χ3n) is 10.2. The van der Waals surface area contributed by atoms with Crippen LogP contribution >= 0.6 is 0 Å². The number of carboxylic acid groups (broad SMARTS) is 1. The Bertz CT molecular complexity index is 1560. The Morgan fingerprint density at radius 1 is 1.04 bits per heavy atom. The number of methoxy groups -OCH3 is 2. The molecule has 0 saturated carbocycles. The van der Waals surface area contributed by atoms with Crippen molar-refractivity contribution in [2.24, 2.45) is 34.8 Å². The van der Waals surface area contributed by atoms with Gasteiger partial charge in [0.1, 0.15) is 6.61 Å². The van der Waals surface area contributed by atoms with Gasteiger partial charge < -0.3 is 39.8 Å². The number of primary amides is 1. The molecule has 300 valence electrons. The first-order valence-electron chi connectivity index (χ1n) is 18.6. The van der Waals surface area contributed by atoms with E-state index in [0.29, 0.717) is 49.7 Å². The summed E-state index contributed by atoms with van der Waals surface area (Å²) in [5.41, 5.74) is 6.32. The maximum atomic E-state index is 13.7. The van der Waals surface area contributed by atoms with Crippen LogP contribution in [0.4, 0.5) is 4.79 Å². The van der Waals surface area contributed by atoms with Crippen molar-refractivity contribution in [3.05, 3.63) is 53.3 Å². The molecule has 0 bridgehead atoms. The van der Waals surface area contributed by atoms with E-state index in [0.717, 1.165) is 5.56 Å². The normalized spacial score (nSPS) is 18.4. The first-order valence-corrected chi connectivity index (χ1v) is 18.6. The number of amides is 3. The minimum absolute atomic E-state index is 0.0280. The first kappa shape index (κ1) is 44.0. The van der Waals surface area contributed by atoms with Crippen LogP contribution in [0.25, 0.3) is 0 Å². The second-order valence-corrected chi connectivity index (χ2v) is 15.3. The molecule has 1 unspecified atom stereocenters. The molecule has 3 rings (SSSR count). The monoisotopic (exact) mass is 756 g/mol. The fraction of sp³-hybridized carbons (Fsp3) is 0.625. The van der Waals surface area contributed by atoms with Crippen molar-refractivity contribution in [2.45, 2.75) is 92.5 Å². The van der Waals surface area contributed by atoms with Crippen LogP contribution in [0.1, 0.15) is 82.4 Å². The van der Waals surface area contributed by atoms with Crippen molar-refractivity contribution in [1.29, 1.82) is 0 Å². The number of esters is 1. The number of carbonyl (C=O) groups excluding carboxylic acids is 3. The van der Waals surface area contributed by atoms with Gasteiger partial charge in [0.2, 0.25) is 11.8 Å². The predicted molar refractivity (Wildman–Crippen MR) is 202 cm³/mol. The van der Waals surface area contributed by atoms with Gasteiger partial charge in [-0.25, -0.2) is 9.59 Å². The highest BCUT2D eigenvalue weighted by Crippen LogP contribution is 2.37. The van der Waals surface area contributed by atoms with E-state index in [1.807, 2.05) is 32.0 Å². The van der Waals surface area contributed by atoms with Gasteiger partial charge in [-0.05, 0) is 87.6 Å². The van der Waals surface area contributed by atoms with E-state index in [2.05, 4.69) is 24.1 Å². The van der Waals surface area contributed by atoms with E-state index < -0.39 is 47.7 Å². The summed E-state index contributed by atoms with van der Waals surface area (Å²) in [5, 5.41) is 13.5. The van der Waals surface area contributed by atoms with Crippen LogP contribution in [-0.4, -0.2) is 97.8 Å². The molecule has 14 nitrogen and oxygen atoms in total. The number of ether oxygens (including phenoxy) is 5. The quantitative estimate of drug-likeness (QED) is 0.112. The lowest BCUT2D eigenvalue weighted by Gasteiger charge is -2.33. The third kappa shape index (κ3) is 12.0. The molecule has 2 heterocycles. The summed E-state index contributed by atoms with van der Waals surface area (Å²) < 4.78 is 28.8. The van der Waals surface area contributed by atoms with Gasteiger partial charge in [0.25, 0.3) is 0 Å². The van der Waals surface area contributed by atoms with Gasteiger partial charge >= 0.3 is 12.1 Å². The summed E-state index contributed by atoms with van der Waals surface area (Å²) in [5.74, 6) is -0.910. The van der Waals surface area contributed by atoms with Crippen LogP contribution in [-0.2, 0) is 30.2 Å². The highest BCUT2D eigenvalue weighted by molar-refractivity contribution is 5.90. The number of benzene rings is 1. The first-order chi connectivity index (χ1) is 25.5. The Kier molecular flexibility index (Phi) is 16.5. The molecular formula is C40H60N4O10. The zero-order chi connectivity index (χ0) is 40.2. The number of nitrogens with one attached hydrogen (secondary N) is 1. The number of nitrogens with two attached hydrogens (primary N) is 1. The van der Waals surface area contributed by atoms with Crippen LogP contribution in [0, 0.1) is 36.0 Å². The Morgan fingerprint density at radius 2 is 1.76 bits per heavy atom. The standard InChI is InChI=1S/C40H60N4O10/c1-24(2)28(18-27-13-14-32(51-9)34(19-27)52-17-11-16-50-8)20-31-33(21-30(25(3)4)36(45)43-23-40(6,7)38(41)47)54-35(44(31)39(48)49)22-53-37(46)29-12-10-15-42-26(29)5/h10,12-15,19,24-25,28,30-31,33,35H,11,16-18,20-23H2,1-9H3,(H2,41,47)(H,43,45)(H,48,49)/t28-,30-,31-,33-,35?/m0/s1. The number of carbonyl (C=O) groups is 4. The van der Waals surface area contributed by atoms with E-state index in [1.54, 1.807) is 53.3 Å². The van der Waals surface area contributed by atoms with Crippen molar-refractivity contribution in [3.63, 3.8) is 0 Å². The van der Waals surface area contributed by atoms with E-state index in [-0.39, 0.29) is 48.8 Å². The molecule has 1 fully saturated rings. The second kappa shape index (κ2) is 20.3. The van der Waals surface area contributed by atoms with Crippen molar-refractivity contribution in [2.75, 3.05) is 40.6 Å². The summed E-state index contributed by atoms with van der Waals surface area (Å²) in [6.45, 7) is 13.7. The highest BCUT2D eigenvalue weighted by atomic mass is 16.6. The Morgan fingerprint density at radius 3 is 2.35 bits per heavy atom. The summed E-state index contributed by atoms with van der Waals surface area (Å²) in [4.78, 5) is 57.1. The number of aromatic nitrogens is 1. The van der Waals surface area contributed by atoms with Crippen molar-refractivity contribution in [1.82, 2.24) is 15.2 Å². The zero-order valence-electron chi connectivity index (χ0n) is 33.3. The highest BCUT2D eigenvalue weighted by Gasteiger charge is 2.48. The Hall–Kier alpha value is -4.43. The van der Waals surface area contributed by atoms with Gasteiger partial charge in [-0.1, -0.05) is 33.8 Å². The minimum atomic E-state index is -1.23. The average Bonchev–Trinajstić information content (AvgIpc) is 3.46. The fourth-order valence-electron chi connectivity index (χ4n) is 6.55. The molecule has 14 heteroatoms. The number of nitrogens with zero attached hydrogens (tertiary/aromatic N) is 2. The molecule has 0 radical (unpaired) electrons. The molecule has 1 aliphatic heterocycles. The maximum Gasteiger partial charge on any atom is 0.409 e. The Balaban J connectivity index is 1.94. The smallest absolute Gasteiger partial charge is 0.409 e. The summed E-state index contributed by atoms with van der Waals surface area (Å²) in [6.07, 6.45) is 0.400. The third-order valence-corrected chi connectivity index (χ3v) is 10.2. The number of aryl methyl sites for hydroxylation is 1. The topological polar surface area (TPSA) is 189 Å². The molecule has 1 aromatic heterocycles. The number of hydrogen-bond donors (Lipinski definition) is 3. The lowest BCUT2D eigenvalue weighted by Crippen LogP contribution is -2.47. The van der Waals surface area contributed by atoms with Crippen LogP contribution in [0.15, 0.2) is 36.5 Å². The predicted octanol–water partition coefficient (Wildman–Crippen LogP) is 5.24. The maximum absolute atomic E-state index is 13.7. The van der Waals surface area contributed by atoms with E-state index in [4.69, 9.17) is 29.4 Å². The summed E-state index contributed by atoms with van der Waals surface area (Å²) in [6, 6.07) is 8.32. The number of rotatable bonds is 21. The molecule has 0 aliphatic carbocycles. The van der Waals surface area contributed by atoms with Gasteiger partial charge in [0.15, 0.2) is 17.7 Å². The molecule has 5 atom stereocenters. The Labute approximate surface area is 319 Å². The van der Waals surface area contributed by atoms with Crippen LogP contribution < -0.4 is 20.5 Å². The lowest BCUT2D eigenvalue weighted by atomic mass is 9.80. The van der Waals surface area contributed by atoms with Crippen molar-refractivity contribution in [3.8, 4) is 11.5 Å². The summed E-state index contributed by atoms with van der Waals surface area (Å²) in [7, 11) is 3.23. The van der Waals surface area contributed by atoms with E-state index >= 15 is 0 Å². The SMILES string of the molecule is COCCCOc1cc(C[C@@H](C[C@H]2[C@H](C[C@H](C(=O)NCC(C)(C)C(N)=O)C(C)C)OC(COC(=O)c3cccnc3C)N2C(=O)O)C(C)C)ccc1OC. The fourth-order valence-corrected chi connectivity index (χ4v) is 6.55. The largest absolute Gasteiger partial charge is 0.493 e. The summed E-state index contributed by atoms with van der Waals surface area (Å²) >= 11 is 0. The average molecular weight is 757 g/mol. The molecule has 1 aliphatic rings. The van der Waals surface area contributed by atoms with Gasteiger partial charge in [-0.2, -0.15) is 0 Å². The number of pyridine rings is 1. The number of hydrogen-bond acceptors (Lipinski definition) is 10. The van der Waals surface area contributed by atoms with E-state index in [1.165, 1.54) is 4.90 Å². The molecule has 1 aromatic carbocycles. The minimum Gasteiger partial charge on any atom is -0.493 e. The zero-order valence-corrected chi connectivity index (χ0v) is 33.3. The molecule has 3 amide bonds. The molecule has 0 spiro atoms. The molecular weight excluding hydrogens is 696 g/mol. The van der Waals surface area contributed by atoms with Gasteiger partial charge in [-0.3, -0.25) is 19.5 Å². The second-order valence-electron chi connectivity index (χ2n) is 15.3. The van der Waals surface area contributed by atoms with Gasteiger partial charge in [0, 0.05) is 38.8 Å². The van der Waals surface area contributed by atoms with Crippen LogP contribution in [0.2, 0.25) is 0 Å². The van der Waals surface area contributed by atoms with Crippen LogP contribution in [0.5, 0.6) is 11.5 Å². The van der Waals surface area contributed by atoms with Gasteiger partial charge in [0.05, 0.1) is 42.5 Å². The molecule has 54 heavy (non-hydrogen) atoms. The molecule has 2 aromatic rings. The lowest BCUT2D eigenvalue weighted by molar-refractivity contribution is -0.130. The van der Waals surface area contributed by atoms with Crippen LogP contribution in [0.3, 0.4) is 0 Å².